The van der Waals surface area contributed by atoms with Crippen molar-refractivity contribution in [1.82, 2.24) is 4.98 Å². The van der Waals surface area contributed by atoms with E-state index in [-0.39, 0.29) is 11.5 Å². The third-order valence-electron chi connectivity index (χ3n) is 4.89. The number of carbonyl (C=O) groups excluding carboxylic acids is 1. The number of hydrogen-bond acceptors (Lipinski definition) is 6. The molecule has 2 heterocycles. The van der Waals surface area contributed by atoms with Crippen molar-refractivity contribution < 1.29 is 27.8 Å². The van der Waals surface area contributed by atoms with Crippen molar-refractivity contribution in [3.05, 3.63) is 78.1 Å². The number of rotatable bonds is 7. The van der Waals surface area contributed by atoms with Gasteiger partial charge in [-0.1, -0.05) is 6.07 Å². The number of amides is 1. The SMILES string of the molecule is N#Cc1cccc(N(C(=O)c2cccnc2)c2ccc(OC(F)F)c(OC3CCCO3)c2)c1. The largest absolute Gasteiger partial charge is 0.461 e. The van der Waals surface area contributed by atoms with E-state index in [1.807, 2.05) is 6.07 Å². The predicted molar refractivity (Wildman–Crippen MR) is 115 cm³/mol. The number of alkyl halides is 2. The summed E-state index contributed by atoms with van der Waals surface area (Å²) in [6, 6.07) is 16.0. The standard InChI is InChI=1S/C24H19F2N3O4/c25-24(26)33-20-9-8-19(13-21(20)32-22-7-3-11-31-22)29(18-6-1-4-16(12-18)14-27)23(30)17-5-2-10-28-15-17/h1-2,4-6,8-10,12-13,15,22,24H,3,7,11H2. The number of hydrogen-bond donors (Lipinski definition) is 0. The molecule has 1 fully saturated rings. The van der Waals surface area contributed by atoms with E-state index in [1.165, 1.54) is 29.3 Å². The normalized spacial score (nSPS) is 15.2. The molecule has 0 aliphatic carbocycles. The van der Waals surface area contributed by atoms with Gasteiger partial charge in [0.1, 0.15) is 0 Å². The zero-order valence-electron chi connectivity index (χ0n) is 17.4. The Morgan fingerprint density at radius 2 is 2.00 bits per heavy atom. The van der Waals surface area contributed by atoms with Gasteiger partial charge in [-0.05, 0) is 48.9 Å². The number of carbonyl (C=O) groups is 1. The van der Waals surface area contributed by atoms with Gasteiger partial charge in [0.2, 0.25) is 0 Å². The van der Waals surface area contributed by atoms with E-state index >= 15 is 0 Å². The van der Waals surface area contributed by atoms with Crippen molar-refractivity contribution in [2.75, 3.05) is 11.5 Å². The number of nitrogens with zero attached hydrogens (tertiary/aromatic N) is 3. The summed E-state index contributed by atoms with van der Waals surface area (Å²) in [5, 5.41) is 9.31. The topological polar surface area (TPSA) is 84.7 Å². The van der Waals surface area contributed by atoms with Crippen LogP contribution in [-0.4, -0.2) is 30.4 Å². The van der Waals surface area contributed by atoms with Crippen LogP contribution >= 0.6 is 0 Å². The van der Waals surface area contributed by atoms with E-state index in [0.717, 1.165) is 6.42 Å². The molecular formula is C24H19F2N3O4. The van der Waals surface area contributed by atoms with Crippen LogP contribution in [0.2, 0.25) is 0 Å². The van der Waals surface area contributed by atoms with Gasteiger partial charge in [0.05, 0.1) is 35.2 Å². The quantitative estimate of drug-likeness (QED) is 0.500. The van der Waals surface area contributed by atoms with Gasteiger partial charge in [-0.3, -0.25) is 14.7 Å². The molecule has 1 amide bonds. The van der Waals surface area contributed by atoms with Gasteiger partial charge in [0.25, 0.3) is 5.91 Å². The highest BCUT2D eigenvalue weighted by atomic mass is 19.3. The fourth-order valence-corrected chi connectivity index (χ4v) is 3.42. The monoisotopic (exact) mass is 451 g/mol. The molecular weight excluding hydrogens is 432 g/mol. The number of nitriles is 1. The molecule has 3 aromatic rings. The Hall–Kier alpha value is -4.03. The maximum absolute atomic E-state index is 13.5. The van der Waals surface area contributed by atoms with Crippen LogP contribution < -0.4 is 14.4 Å². The third kappa shape index (κ3) is 5.25. The van der Waals surface area contributed by atoms with E-state index in [0.29, 0.717) is 35.5 Å². The summed E-state index contributed by atoms with van der Waals surface area (Å²) in [6.45, 7) is -2.55. The van der Waals surface area contributed by atoms with Crippen molar-refractivity contribution in [2.45, 2.75) is 25.7 Å². The number of anilines is 2. The van der Waals surface area contributed by atoms with Crippen LogP contribution in [0.1, 0.15) is 28.8 Å². The first kappa shape index (κ1) is 22.2. The molecule has 0 spiro atoms. The highest BCUT2D eigenvalue weighted by Crippen LogP contribution is 2.38. The molecule has 1 unspecified atom stereocenters. The van der Waals surface area contributed by atoms with Crippen LogP contribution in [0.3, 0.4) is 0 Å². The molecule has 33 heavy (non-hydrogen) atoms. The second-order valence-electron chi connectivity index (χ2n) is 7.11. The molecule has 1 aliphatic heterocycles. The Kier molecular flexibility index (Phi) is 6.76. The highest BCUT2D eigenvalue weighted by molar-refractivity contribution is 6.11. The van der Waals surface area contributed by atoms with Gasteiger partial charge in [-0.2, -0.15) is 14.0 Å². The molecule has 0 bridgehead atoms. The lowest BCUT2D eigenvalue weighted by atomic mass is 10.1. The average molecular weight is 451 g/mol. The minimum Gasteiger partial charge on any atom is -0.461 e. The maximum atomic E-state index is 13.5. The van der Waals surface area contributed by atoms with E-state index < -0.39 is 18.8 Å². The molecule has 168 valence electrons. The molecule has 9 heteroatoms. The molecule has 0 radical (unpaired) electrons. The lowest BCUT2D eigenvalue weighted by Crippen LogP contribution is -2.26. The maximum Gasteiger partial charge on any atom is 0.387 e. The van der Waals surface area contributed by atoms with Gasteiger partial charge >= 0.3 is 6.61 Å². The Morgan fingerprint density at radius 3 is 2.70 bits per heavy atom. The average Bonchev–Trinajstić information content (AvgIpc) is 3.34. The van der Waals surface area contributed by atoms with Gasteiger partial charge in [-0.15, -0.1) is 0 Å². The summed E-state index contributed by atoms with van der Waals surface area (Å²) in [4.78, 5) is 18.8. The zero-order chi connectivity index (χ0) is 23.2. The fourth-order valence-electron chi connectivity index (χ4n) is 3.42. The van der Waals surface area contributed by atoms with E-state index in [9.17, 15) is 18.8 Å². The first-order valence-electron chi connectivity index (χ1n) is 10.2. The van der Waals surface area contributed by atoms with Crippen LogP contribution in [0.25, 0.3) is 0 Å². The Labute approximate surface area is 188 Å². The van der Waals surface area contributed by atoms with Crippen LogP contribution in [0, 0.1) is 11.3 Å². The summed E-state index contributed by atoms with van der Waals surface area (Å²) in [7, 11) is 0. The second-order valence-corrected chi connectivity index (χ2v) is 7.11. The van der Waals surface area contributed by atoms with Gasteiger partial charge < -0.3 is 14.2 Å². The zero-order valence-corrected chi connectivity index (χ0v) is 17.4. The van der Waals surface area contributed by atoms with E-state index in [1.54, 1.807) is 42.6 Å². The minimum absolute atomic E-state index is 0.0140. The first-order valence-corrected chi connectivity index (χ1v) is 10.2. The molecule has 4 rings (SSSR count). The van der Waals surface area contributed by atoms with E-state index in [4.69, 9.17) is 9.47 Å². The van der Waals surface area contributed by atoms with E-state index in [2.05, 4.69) is 9.72 Å². The van der Waals surface area contributed by atoms with Crippen molar-refractivity contribution in [3.63, 3.8) is 0 Å². The molecule has 1 aromatic heterocycles. The predicted octanol–water partition coefficient (Wildman–Crippen LogP) is 5.05. The van der Waals surface area contributed by atoms with Crippen molar-refractivity contribution >= 4 is 17.3 Å². The smallest absolute Gasteiger partial charge is 0.387 e. The van der Waals surface area contributed by atoms with Gasteiger partial charge in [0, 0.05) is 24.9 Å². The molecule has 0 saturated carbocycles. The lowest BCUT2D eigenvalue weighted by Gasteiger charge is -2.25. The minimum atomic E-state index is -3.05. The molecule has 2 aromatic carbocycles. The molecule has 0 N–H and O–H groups in total. The number of ether oxygens (including phenoxy) is 3. The molecule has 1 aliphatic rings. The Morgan fingerprint density at radius 1 is 1.15 bits per heavy atom. The van der Waals surface area contributed by atoms with Crippen molar-refractivity contribution in [1.29, 1.82) is 5.26 Å². The van der Waals surface area contributed by atoms with Crippen LogP contribution in [0.4, 0.5) is 20.2 Å². The summed E-state index contributed by atoms with van der Waals surface area (Å²) in [5.74, 6) is -0.590. The number of aromatic nitrogens is 1. The summed E-state index contributed by atoms with van der Waals surface area (Å²) >= 11 is 0. The summed E-state index contributed by atoms with van der Waals surface area (Å²) in [6.07, 6.45) is 3.73. The number of halogens is 2. The third-order valence-corrected chi connectivity index (χ3v) is 4.89. The highest BCUT2D eigenvalue weighted by Gasteiger charge is 2.25. The first-order chi connectivity index (χ1) is 16.0. The fraction of sp³-hybridized carbons (Fsp3) is 0.208. The number of pyridine rings is 1. The van der Waals surface area contributed by atoms with Crippen molar-refractivity contribution in [2.24, 2.45) is 0 Å². The lowest BCUT2D eigenvalue weighted by molar-refractivity contribution is -0.0632. The number of benzene rings is 2. The molecule has 1 saturated heterocycles. The van der Waals surface area contributed by atoms with Gasteiger partial charge in [-0.25, -0.2) is 0 Å². The Bertz CT molecular complexity index is 1160. The second kappa shape index (κ2) is 10.1. The molecule has 7 nitrogen and oxygen atoms in total. The summed E-state index contributed by atoms with van der Waals surface area (Å²) < 4.78 is 41.8. The summed E-state index contributed by atoms with van der Waals surface area (Å²) in [5.41, 5.74) is 1.39. The molecule has 1 atom stereocenters. The Balaban J connectivity index is 1.80. The van der Waals surface area contributed by atoms with Crippen LogP contribution in [0.5, 0.6) is 11.5 Å². The van der Waals surface area contributed by atoms with Crippen LogP contribution in [-0.2, 0) is 4.74 Å². The van der Waals surface area contributed by atoms with Crippen molar-refractivity contribution in [3.8, 4) is 17.6 Å². The van der Waals surface area contributed by atoms with Crippen LogP contribution in [0.15, 0.2) is 67.0 Å². The van der Waals surface area contributed by atoms with Gasteiger partial charge in [0.15, 0.2) is 17.8 Å².